The van der Waals surface area contributed by atoms with E-state index in [0.29, 0.717) is 25.0 Å². The number of benzene rings is 1. The number of H-pyrrole nitrogens is 1. The Morgan fingerprint density at radius 2 is 2.15 bits per heavy atom. The molecule has 2 aromatic rings. The summed E-state index contributed by atoms with van der Waals surface area (Å²) in [7, 11) is 0. The summed E-state index contributed by atoms with van der Waals surface area (Å²) in [5.74, 6) is 0. The maximum absolute atomic E-state index is 12.2. The van der Waals surface area contributed by atoms with Gasteiger partial charge in [0, 0.05) is 23.1 Å². The fraction of sp³-hybridized carbons (Fsp3) is 0.444. The molecule has 0 bridgehead atoms. The smallest absolute Gasteiger partial charge is 0.330 e. The van der Waals surface area contributed by atoms with E-state index >= 15 is 0 Å². The van der Waals surface area contributed by atoms with E-state index in [9.17, 15) is 9.59 Å². The molecule has 27 heavy (non-hydrogen) atoms. The number of nitrogens with one attached hydrogen (secondary N) is 1. The Balaban J connectivity index is 1.79. The molecule has 1 unspecified atom stereocenters. The first-order valence-corrected chi connectivity index (χ1v) is 8.78. The van der Waals surface area contributed by atoms with Crippen molar-refractivity contribution >= 4 is 0 Å². The summed E-state index contributed by atoms with van der Waals surface area (Å²) in [6.07, 6.45) is 1.02. The highest BCUT2D eigenvalue weighted by Crippen LogP contribution is 2.30. The van der Waals surface area contributed by atoms with Crippen molar-refractivity contribution in [2.24, 2.45) is 5.11 Å². The quantitative estimate of drug-likeness (QED) is 0.456. The third kappa shape index (κ3) is 4.46. The number of aryl methyl sites for hydroxylation is 1. The van der Waals surface area contributed by atoms with Crippen molar-refractivity contribution in [2.45, 2.75) is 44.8 Å². The largest absolute Gasteiger partial charge is 0.371 e. The fourth-order valence-corrected chi connectivity index (χ4v) is 3.10. The van der Waals surface area contributed by atoms with E-state index in [1.807, 2.05) is 37.3 Å². The van der Waals surface area contributed by atoms with E-state index in [2.05, 4.69) is 15.0 Å². The average Bonchev–Trinajstić information content (AvgIpc) is 3.08. The Morgan fingerprint density at radius 3 is 2.85 bits per heavy atom. The van der Waals surface area contributed by atoms with Crippen LogP contribution in [-0.4, -0.2) is 28.3 Å². The van der Waals surface area contributed by atoms with Crippen molar-refractivity contribution in [1.82, 2.24) is 9.55 Å². The fourth-order valence-electron chi connectivity index (χ4n) is 3.10. The van der Waals surface area contributed by atoms with Crippen LogP contribution in [0.25, 0.3) is 10.4 Å². The molecule has 142 valence electrons. The van der Waals surface area contributed by atoms with Gasteiger partial charge in [-0.05, 0) is 17.5 Å². The molecule has 9 nitrogen and oxygen atoms in total. The molecule has 1 aliphatic heterocycles. The van der Waals surface area contributed by atoms with E-state index in [1.54, 1.807) is 0 Å². The summed E-state index contributed by atoms with van der Waals surface area (Å²) in [6, 6.07) is 9.69. The number of hydrogen-bond donors (Lipinski definition) is 1. The van der Waals surface area contributed by atoms with E-state index in [0.717, 1.165) is 5.56 Å². The first-order chi connectivity index (χ1) is 13.1. The second-order valence-corrected chi connectivity index (χ2v) is 6.29. The Morgan fingerprint density at radius 1 is 1.37 bits per heavy atom. The van der Waals surface area contributed by atoms with Gasteiger partial charge in [-0.2, -0.15) is 0 Å². The Hall–Kier alpha value is -2.87. The highest BCUT2D eigenvalue weighted by Gasteiger charge is 2.37. The molecule has 3 atom stereocenters. The lowest BCUT2D eigenvalue weighted by Gasteiger charge is -2.17. The number of aromatic nitrogens is 2. The molecular weight excluding hydrogens is 350 g/mol. The van der Waals surface area contributed by atoms with E-state index in [-0.39, 0.29) is 18.2 Å². The molecule has 1 fully saturated rings. The van der Waals surface area contributed by atoms with Crippen molar-refractivity contribution in [3.63, 3.8) is 0 Å². The highest BCUT2D eigenvalue weighted by atomic mass is 16.6. The van der Waals surface area contributed by atoms with Crippen LogP contribution in [-0.2, 0) is 22.5 Å². The summed E-state index contributed by atoms with van der Waals surface area (Å²) < 4.78 is 13.3. The van der Waals surface area contributed by atoms with Crippen molar-refractivity contribution in [3.05, 3.63) is 78.9 Å². The molecule has 0 amide bonds. The molecule has 0 spiro atoms. The lowest BCUT2D eigenvalue weighted by molar-refractivity contribution is -0.0386. The molecule has 1 aromatic heterocycles. The van der Waals surface area contributed by atoms with Crippen LogP contribution in [0.3, 0.4) is 0 Å². The molecule has 3 rings (SSSR count). The normalized spacial score (nSPS) is 21.7. The molecule has 1 aliphatic rings. The zero-order valence-electron chi connectivity index (χ0n) is 14.9. The number of azide groups is 1. The second-order valence-electron chi connectivity index (χ2n) is 6.29. The van der Waals surface area contributed by atoms with Crippen LogP contribution < -0.4 is 11.2 Å². The van der Waals surface area contributed by atoms with Crippen molar-refractivity contribution in [3.8, 4) is 0 Å². The van der Waals surface area contributed by atoms with Crippen LogP contribution in [0.15, 0.2) is 51.2 Å². The lowest BCUT2D eigenvalue weighted by atomic mass is 10.1. The minimum atomic E-state index is -0.598. The van der Waals surface area contributed by atoms with E-state index in [4.69, 9.17) is 15.0 Å². The number of nitrogens with zero attached hydrogens (tertiary/aromatic N) is 4. The zero-order valence-corrected chi connectivity index (χ0v) is 14.9. The van der Waals surface area contributed by atoms with Gasteiger partial charge in [0.1, 0.15) is 6.23 Å². The summed E-state index contributed by atoms with van der Waals surface area (Å²) in [6.45, 7) is 2.32. The van der Waals surface area contributed by atoms with Crippen LogP contribution in [0.4, 0.5) is 0 Å². The lowest BCUT2D eigenvalue weighted by Crippen LogP contribution is -2.34. The Labute approximate surface area is 155 Å². The van der Waals surface area contributed by atoms with E-state index < -0.39 is 18.0 Å². The molecule has 0 aliphatic carbocycles. The molecule has 1 aromatic carbocycles. The van der Waals surface area contributed by atoms with Crippen LogP contribution >= 0.6 is 0 Å². The topological polar surface area (TPSA) is 122 Å². The van der Waals surface area contributed by atoms with Gasteiger partial charge in [0.25, 0.3) is 5.56 Å². The molecule has 9 heteroatoms. The van der Waals surface area contributed by atoms with Gasteiger partial charge in [-0.1, -0.05) is 42.4 Å². The van der Waals surface area contributed by atoms with Gasteiger partial charge >= 0.3 is 5.69 Å². The summed E-state index contributed by atoms with van der Waals surface area (Å²) in [5.41, 5.74) is 9.20. The standard InChI is InChI=1S/C18H21N5O4/c1-2-13-10-23(18(25)21-17(13)24)16-8-14(15(27-16)9-20-22-19)26-11-12-6-4-3-5-7-12/h3-7,10,14-16H,2,8-9,11H2,1H3,(H,21,24,25)/t14?,15-,16-/m0/s1. The van der Waals surface area contributed by atoms with E-state index in [1.165, 1.54) is 10.8 Å². The first kappa shape index (κ1) is 18.9. The second kappa shape index (κ2) is 8.68. The molecule has 0 radical (unpaired) electrons. The SMILES string of the molecule is CCc1cn([C@@H]2CC(OCc3ccccc3)[C@H](CN=[N+]=[N-])O2)c(=O)[nH]c1=O. The van der Waals surface area contributed by atoms with Gasteiger partial charge in [0.15, 0.2) is 0 Å². The van der Waals surface area contributed by atoms with Crippen LogP contribution in [0, 0.1) is 0 Å². The Kier molecular flexibility index (Phi) is 6.08. The van der Waals surface area contributed by atoms with Crippen LogP contribution in [0.1, 0.15) is 30.7 Å². The average molecular weight is 371 g/mol. The predicted molar refractivity (Wildman–Crippen MR) is 98.3 cm³/mol. The Bertz CT molecular complexity index is 933. The molecular formula is C18H21N5O4. The predicted octanol–water partition coefficient (Wildman–Crippen LogP) is 2.28. The molecule has 1 N–H and O–H groups in total. The molecule has 0 saturated carbocycles. The first-order valence-electron chi connectivity index (χ1n) is 8.78. The van der Waals surface area contributed by atoms with Crippen LogP contribution in [0.5, 0.6) is 0 Å². The number of rotatable bonds is 7. The van der Waals surface area contributed by atoms with Crippen molar-refractivity contribution in [1.29, 1.82) is 0 Å². The van der Waals surface area contributed by atoms with Crippen molar-refractivity contribution in [2.75, 3.05) is 6.54 Å². The number of aromatic amines is 1. The summed E-state index contributed by atoms with van der Waals surface area (Å²) in [5, 5.41) is 3.59. The van der Waals surface area contributed by atoms with Gasteiger partial charge in [-0.15, -0.1) is 0 Å². The maximum Gasteiger partial charge on any atom is 0.330 e. The van der Waals surface area contributed by atoms with Gasteiger partial charge in [-0.25, -0.2) is 4.79 Å². The van der Waals surface area contributed by atoms with Gasteiger partial charge in [-0.3, -0.25) is 14.3 Å². The van der Waals surface area contributed by atoms with Gasteiger partial charge in [0.2, 0.25) is 0 Å². The van der Waals surface area contributed by atoms with Gasteiger partial charge < -0.3 is 9.47 Å². The zero-order chi connectivity index (χ0) is 19.2. The molecule has 2 heterocycles. The summed E-state index contributed by atoms with van der Waals surface area (Å²) >= 11 is 0. The summed E-state index contributed by atoms with van der Waals surface area (Å²) in [4.78, 5) is 29.1. The van der Waals surface area contributed by atoms with Gasteiger partial charge in [0.05, 0.1) is 25.4 Å². The molecule has 1 saturated heterocycles. The highest BCUT2D eigenvalue weighted by molar-refractivity contribution is 5.13. The maximum atomic E-state index is 12.2. The van der Waals surface area contributed by atoms with Crippen LogP contribution in [0.2, 0.25) is 0 Å². The monoisotopic (exact) mass is 371 g/mol. The van der Waals surface area contributed by atoms with Crippen molar-refractivity contribution < 1.29 is 9.47 Å². The minimum Gasteiger partial charge on any atom is -0.371 e. The number of hydrogen-bond acceptors (Lipinski definition) is 5. The minimum absolute atomic E-state index is 0.102. The third-order valence-electron chi connectivity index (χ3n) is 4.54. The number of ether oxygens (including phenoxy) is 2. The third-order valence-corrected chi connectivity index (χ3v) is 4.54.